The molecule has 0 heterocycles. The van der Waals surface area contributed by atoms with Gasteiger partial charge in [-0.15, -0.1) is 0 Å². The molecule has 0 spiro atoms. The summed E-state index contributed by atoms with van der Waals surface area (Å²) in [6.07, 6.45) is 0.135. The highest BCUT2D eigenvalue weighted by molar-refractivity contribution is 6.24. The van der Waals surface area contributed by atoms with Crippen molar-refractivity contribution < 1.29 is 44.3 Å². The second-order valence-corrected chi connectivity index (χ2v) is 10.7. The van der Waals surface area contributed by atoms with E-state index in [0.717, 1.165) is 0 Å². The number of hydrogen-bond acceptors (Lipinski definition) is 12. The Bertz CT molecular complexity index is 1380. The van der Waals surface area contributed by atoms with Crippen molar-refractivity contribution in [2.45, 2.75) is 31.4 Å². The first-order valence-electron chi connectivity index (χ1n) is 12.8. The van der Waals surface area contributed by atoms with E-state index in [1.165, 1.54) is 4.90 Å². The van der Waals surface area contributed by atoms with Gasteiger partial charge in [0, 0.05) is 31.3 Å². The van der Waals surface area contributed by atoms with Gasteiger partial charge in [-0.3, -0.25) is 24.1 Å². The minimum Gasteiger partial charge on any atom is -0.508 e. The second-order valence-electron chi connectivity index (χ2n) is 10.7. The summed E-state index contributed by atoms with van der Waals surface area (Å²) in [5.41, 5.74) is 2.62. The van der Waals surface area contributed by atoms with Crippen LogP contribution < -0.4 is 16.0 Å². The first kappa shape index (κ1) is 28.9. The van der Waals surface area contributed by atoms with Crippen LogP contribution in [-0.2, 0) is 30.3 Å². The molecule has 7 N–H and O–H groups in total. The molecule has 0 aromatic heterocycles. The number of phenolic OH excluding ortho intramolecular Hbond substituents is 1. The number of hydrogen-bond donors (Lipinski definition) is 6. The molecule has 13 heteroatoms. The highest BCUT2D eigenvalue weighted by atomic mass is 16.5. The molecule has 1 aromatic carbocycles. The lowest BCUT2D eigenvalue weighted by Gasteiger charge is -2.50. The van der Waals surface area contributed by atoms with Crippen molar-refractivity contribution in [3.8, 4) is 5.75 Å². The van der Waals surface area contributed by atoms with Crippen LogP contribution >= 0.6 is 0 Å². The van der Waals surface area contributed by atoms with Gasteiger partial charge in [0.15, 0.2) is 11.4 Å². The second kappa shape index (κ2) is 10.1. The van der Waals surface area contributed by atoms with Crippen molar-refractivity contribution in [3.63, 3.8) is 0 Å². The summed E-state index contributed by atoms with van der Waals surface area (Å²) in [4.78, 5) is 54.4. The summed E-state index contributed by atoms with van der Waals surface area (Å²) in [6, 6.07) is 0.446. The number of nitrogens with zero attached hydrogens (tertiary/aromatic N) is 2. The fraction of sp³-hybridized carbons (Fsp3) is 0.481. The molecule has 0 bridgehead atoms. The number of carbonyl (C=O) groups excluding carboxylic acids is 4. The number of carbonyl (C=O) groups is 4. The maximum absolute atomic E-state index is 14.0. The van der Waals surface area contributed by atoms with Crippen LogP contribution in [0.1, 0.15) is 24.5 Å². The number of ether oxygens (including phenoxy) is 1. The summed E-state index contributed by atoms with van der Waals surface area (Å²) in [6.45, 7) is 1.54. The number of rotatable bonds is 7. The molecule has 13 nitrogen and oxygen atoms in total. The molecule has 0 saturated heterocycles. The normalized spacial score (nSPS) is 25.8. The lowest BCUT2D eigenvalue weighted by atomic mass is 9.57. The minimum atomic E-state index is -2.72. The number of esters is 1. The average Bonchev–Trinajstić information content (AvgIpc) is 2.85. The fourth-order valence-corrected chi connectivity index (χ4v) is 6.21. The van der Waals surface area contributed by atoms with E-state index in [-0.39, 0.29) is 42.8 Å². The number of likely N-dealkylation sites (N-methyl/N-ethyl adjacent to an activating group) is 1. The molecule has 4 atom stereocenters. The molecule has 216 valence electrons. The number of Topliss-reactive ketones (excluding diaryl/α,β-unsaturated/α-hetero) is 2. The highest BCUT2D eigenvalue weighted by Crippen LogP contribution is 2.54. The monoisotopic (exact) mass is 558 g/mol. The van der Waals surface area contributed by atoms with Crippen LogP contribution in [0.15, 0.2) is 23.0 Å². The maximum Gasteiger partial charge on any atom is 0.325 e. The molecular formula is C27H34N4O9. The zero-order chi connectivity index (χ0) is 29.8. The number of primary amides is 1. The highest BCUT2D eigenvalue weighted by Gasteiger charge is 2.64. The fourth-order valence-electron chi connectivity index (χ4n) is 6.21. The number of phenols is 1. The van der Waals surface area contributed by atoms with E-state index in [0.29, 0.717) is 11.3 Å². The van der Waals surface area contributed by atoms with Crippen molar-refractivity contribution in [2.75, 3.05) is 51.6 Å². The van der Waals surface area contributed by atoms with Crippen LogP contribution in [-0.4, -0.2) is 102 Å². The van der Waals surface area contributed by atoms with Gasteiger partial charge in [-0.25, -0.2) is 0 Å². The SMILES string of the molecule is CCOC(=O)CNc1cc(N(C)C)c2c(c1O)C(O)=C1C(=O)C3(O)C(O)=C(C(N)=O)C(=O)[C@@H](N(C)C)C3CC1C2. The van der Waals surface area contributed by atoms with Crippen LogP contribution in [0.25, 0.3) is 5.76 Å². The Labute approximate surface area is 230 Å². The Hall–Kier alpha value is -4.10. The van der Waals surface area contributed by atoms with E-state index < -0.39 is 69.8 Å². The average molecular weight is 559 g/mol. The number of benzene rings is 1. The van der Waals surface area contributed by atoms with Crippen LogP contribution in [0.3, 0.4) is 0 Å². The molecule has 4 rings (SSSR count). The number of anilines is 2. The van der Waals surface area contributed by atoms with Gasteiger partial charge in [0.1, 0.15) is 29.4 Å². The minimum absolute atomic E-state index is 0.0117. The molecule has 3 aliphatic carbocycles. The van der Waals surface area contributed by atoms with Crippen molar-refractivity contribution >= 4 is 40.6 Å². The molecular weight excluding hydrogens is 524 g/mol. The Morgan fingerprint density at radius 3 is 2.38 bits per heavy atom. The first-order chi connectivity index (χ1) is 18.7. The lowest BCUT2D eigenvalue weighted by Crippen LogP contribution is -2.65. The topological polar surface area (TPSA) is 203 Å². The summed E-state index contributed by atoms with van der Waals surface area (Å²) < 4.78 is 4.92. The largest absolute Gasteiger partial charge is 0.508 e. The van der Waals surface area contributed by atoms with Gasteiger partial charge in [-0.05, 0) is 51.4 Å². The number of aromatic hydroxyl groups is 1. The van der Waals surface area contributed by atoms with Gasteiger partial charge in [-0.1, -0.05) is 0 Å². The van der Waals surface area contributed by atoms with Gasteiger partial charge in [0.2, 0.25) is 5.78 Å². The van der Waals surface area contributed by atoms with Crippen molar-refractivity contribution in [1.29, 1.82) is 0 Å². The Morgan fingerprint density at radius 2 is 1.82 bits per heavy atom. The molecule has 40 heavy (non-hydrogen) atoms. The van der Waals surface area contributed by atoms with Gasteiger partial charge in [-0.2, -0.15) is 0 Å². The van der Waals surface area contributed by atoms with E-state index in [1.807, 2.05) is 0 Å². The summed E-state index contributed by atoms with van der Waals surface area (Å²) >= 11 is 0. The van der Waals surface area contributed by atoms with Gasteiger partial charge in [0.25, 0.3) is 5.91 Å². The van der Waals surface area contributed by atoms with E-state index in [4.69, 9.17) is 10.5 Å². The third-order valence-electron chi connectivity index (χ3n) is 7.91. The number of nitrogens with one attached hydrogen (secondary N) is 1. The third-order valence-corrected chi connectivity index (χ3v) is 7.91. The van der Waals surface area contributed by atoms with Crippen LogP contribution in [0.4, 0.5) is 11.4 Å². The summed E-state index contributed by atoms with van der Waals surface area (Å²) in [5.74, 6) is -7.82. The van der Waals surface area contributed by atoms with Crippen molar-refractivity contribution in [1.82, 2.24) is 4.90 Å². The van der Waals surface area contributed by atoms with E-state index in [2.05, 4.69) is 5.32 Å². The van der Waals surface area contributed by atoms with Crippen molar-refractivity contribution in [2.24, 2.45) is 17.6 Å². The number of aliphatic hydroxyl groups excluding tert-OH is 2. The maximum atomic E-state index is 14.0. The van der Waals surface area contributed by atoms with E-state index in [1.54, 1.807) is 46.1 Å². The molecule has 1 saturated carbocycles. The van der Waals surface area contributed by atoms with Crippen LogP contribution in [0, 0.1) is 11.8 Å². The lowest BCUT2D eigenvalue weighted by molar-refractivity contribution is -0.153. The number of amides is 1. The van der Waals surface area contributed by atoms with E-state index >= 15 is 0 Å². The first-order valence-corrected chi connectivity index (χ1v) is 12.8. The van der Waals surface area contributed by atoms with Gasteiger partial charge < -0.3 is 41.1 Å². The van der Waals surface area contributed by atoms with Gasteiger partial charge >= 0.3 is 5.97 Å². The predicted octanol–water partition coefficient (Wildman–Crippen LogP) is 0.00500. The number of ketones is 2. The van der Waals surface area contributed by atoms with Crippen LogP contribution in [0.5, 0.6) is 5.75 Å². The number of nitrogens with two attached hydrogens (primary N) is 1. The predicted molar refractivity (Wildman–Crippen MR) is 144 cm³/mol. The summed E-state index contributed by atoms with van der Waals surface area (Å²) in [7, 11) is 6.58. The summed E-state index contributed by atoms with van der Waals surface area (Å²) in [5, 5.41) is 48.1. The van der Waals surface area contributed by atoms with E-state index in [9.17, 15) is 39.6 Å². The Balaban J connectivity index is 1.92. The number of aliphatic hydroxyl groups is 3. The molecule has 0 aliphatic heterocycles. The Morgan fingerprint density at radius 1 is 1.18 bits per heavy atom. The third kappa shape index (κ3) is 4.16. The number of fused-ring (bicyclic) bond motifs is 3. The zero-order valence-electron chi connectivity index (χ0n) is 22.9. The Kier molecular flexibility index (Phi) is 7.32. The molecule has 1 fully saturated rings. The molecule has 0 radical (unpaired) electrons. The van der Waals surface area contributed by atoms with Gasteiger partial charge in [0.05, 0.1) is 23.9 Å². The molecule has 1 amide bonds. The van der Waals surface area contributed by atoms with Crippen molar-refractivity contribution in [3.05, 3.63) is 34.1 Å². The smallest absolute Gasteiger partial charge is 0.325 e. The molecule has 3 unspecified atom stereocenters. The molecule has 3 aliphatic rings. The molecule has 1 aromatic rings. The standard InChI is InChI=1S/C27H34N4O9/c1-6-40-16(32)10-29-14-9-15(30(2)3)12-7-11-8-13-20(31(4)5)23(35)19(26(28)38)25(37)27(13,39)24(36)17(11)22(34)18(12)21(14)33/h9,11,13,20,29,33-34,37,39H,6-8,10H2,1-5H3,(H2,28,38)/t11?,13?,20-,27?/m0/s1. The zero-order valence-corrected chi connectivity index (χ0v) is 22.9. The van der Waals surface area contributed by atoms with Crippen LogP contribution in [0.2, 0.25) is 0 Å². The quantitative estimate of drug-likeness (QED) is 0.149.